The van der Waals surface area contributed by atoms with E-state index in [0.29, 0.717) is 22.0 Å². The minimum Gasteiger partial charge on any atom is -0.496 e. The molecular formula is C14H16N2O2S. The van der Waals surface area contributed by atoms with Crippen LogP contribution >= 0.6 is 11.3 Å². The summed E-state index contributed by atoms with van der Waals surface area (Å²) in [5.41, 5.74) is 9.23. The highest BCUT2D eigenvalue weighted by atomic mass is 32.1. The number of benzene rings is 1. The Kier molecular flexibility index (Phi) is 3.76. The predicted octanol–water partition coefficient (Wildman–Crippen LogP) is 3.21. The lowest BCUT2D eigenvalue weighted by Crippen LogP contribution is -2.13. The van der Waals surface area contributed by atoms with Crippen molar-refractivity contribution in [2.45, 2.75) is 13.8 Å². The molecule has 0 atom stereocenters. The van der Waals surface area contributed by atoms with Gasteiger partial charge in [-0.15, -0.1) is 11.3 Å². The Balaban J connectivity index is 2.26. The van der Waals surface area contributed by atoms with Crippen LogP contribution in [0.3, 0.4) is 0 Å². The van der Waals surface area contributed by atoms with E-state index in [1.807, 2.05) is 19.9 Å². The second-order valence-corrected chi connectivity index (χ2v) is 5.19. The normalized spacial score (nSPS) is 10.3. The smallest absolute Gasteiger partial charge is 0.265 e. The molecule has 0 aliphatic carbocycles. The Morgan fingerprint density at radius 3 is 2.74 bits per heavy atom. The number of methoxy groups -OCH3 is 1. The van der Waals surface area contributed by atoms with E-state index in [0.717, 1.165) is 11.1 Å². The Hall–Kier alpha value is -2.01. The van der Waals surface area contributed by atoms with Crippen molar-refractivity contribution < 1.29 is 9.53 Å². The van der Waals surface area contributed by atoms with Crippen molar-refractivity contribution >= 4 is 28.6 Å². The van der Waals surface area contributed by atoms with E-state index < -0.39 is 0 Å². The molecule has 5 heteroatoms. The van der Waals surface area contributed by atoms with Crippen molar-refractivity contribution in [2.24, 2.45) is 0 Å². The molecule has 1 heterocycles. The molecule has 1 amide bonds. The van der Waals surface area contributed by atoms with Gasteiger partial charge in [0.05, 0.1) is 23.4 Å². The van der Waals surface area contributed by atoms with Crippen LogP contribution in [0, 0.1) is 13.8 Å². The van der Waals surface area contributed by atoms with Gasteiger partial charge in [0.2, 0.25) is 0 Å². The second kappa shape index (κ2) is 5.32. The zero-order valence-corrected chi connectivity index (χ0v) is 11.9. The van der Waals surface area contributed by atoms with Crippen molar-refractivity contribution in [3.8, 4) is 5.75 Å². The first kappa shape index (κ1) is 13.4. The van der Waals surface area contributed by atoms with E-state index in [2.05, 4.69) is 5.32 Å². The molecule has 0 spiro atoms. The van der Waals surface area contributed by atoms with Crippen molar-refractivity contribution in [3.05, 3.63) is 39.6 Å². The Labute approximate surface area is 116 Å². The number of rotatable bonds is 3. The SMILES string of the molecule is COc1csc(C(=O)Nc2c(N)ccc(C)c2C)c1. The first-order valence-electron chi connectivity index (χ1n) is 5.82. The maximum atomic E-state index is 12.1. The number of nitrogens with two attached hydrogens (primary N) is 1. The summed E-state index contributed by atoms with van der Waals surface area (Å²) >= 11 is 1.34. The van der Waals surface area contributed by atoms with E-state index in [4.69, 9.17) is 10.5 Å². The number of thiophene rings is 1. The lowest BCUT2D eigenvalue weighted by atomic mass is 10.1. The van der Waals surface area contributed by atoms with Crippen LogP contribution in [0.5, 0.6) is 5.75 Å². The standard InChI is InChI=1S/C14H16N2O2S/c1-8-4-5-11(15)13(9(8)2)16-14(17)12-6-10(18-3)7-19-12/h4-7H,15H2,1-3H3,(H,16,17). The third-order valence-electron chi connectivity index (χ3n) is 3.04. The summed E-state index contributed by atoms with van der Waals surface area (Å²) in [5.74, 6) is 0.512. The molecule has 4 nitrogen and oxygen atoms in total. The fourth-order valence-electron chi connectivity index (χ4n) is 1.72. The molecule has 2 rings (SSSR count). The highest BCUT2D eigenvalue weighted by Gasteiger charge is 2.13. The van der Waals surface area contributed by atoms with Gasteiger partial charge in [0.1, 0.15) is 5.75 Å². The predicted molar refractivity (Wildman–Crippen MR) is 79.2 cm³/mol. The summed E-state index contributed by atoms with van der Waals surface area (Å²) in [6, 6.07) is 5.45. The molecule has 0 bridgehead atoms. The Bertz CT molecular complexity index is 620. The quantitative estimate of drug-likeness (QED) is 0.846. The number of amides is 1. The Morgan fingerprint density at radius 2 is 2.11 bits per heavy atom. The average Bonchev–Trinajstić information content (AvgIpc) is 2.88. The number of anilines is 2. The van der Waals surface area contributed by atoms with E-state index in [1.54, 1.807) is 24.6 Å². The van der Waals surface area contributed by atoms with Crippen molar-refractivity contribution in [1.29, 1.82) is 0 Å². The zero-order valence-electron chi connectivity index (χ0n) is 11.1. The first-order chi connectivity index (χ1) is 9.02. The number of ether oxygens (including phenoxy) is 1. The highest BCUT2D eigenvalue weighted by Crippen LogP contribution is 2.28. The maximum absolute atomic E-state index is 12.1. The van der Waals surface area contributed by atoms with Crippen LogP contribution in [0.1, 0.15) is 20.8 Å². The molecule has 0 aliphatic heterocycles. The third-order valence-corrected chi connectivity index (χ3v) is 3.95. The summed E-state index contributed by atoms with van der Waals surface area (Å²) in [5, 5.41) is 4.66. The van der Waals surface area contributed by atoms with Crippen molar-refractivity contribution in [2.75, 3.05) is 18.2 Å². The van der Waals surface area contributed by atoms with E-state index in [9.17, 15) is 4.79 Å². The number of hydrogen-bond acceptors (Lipinski definition) is 4. The zero-order chi connectivity index (χ0) is 14.0. The van der Waals surface area contributed by atoms with Gasteiger partial charge in [-0.25, -0.2) is 0 Å². The van der Waals surface area contributed by atoms with Crippen LogP contribution < -0.4 is 15.8 Å². The molecule has 3 N–H and O–H groups in total. The number of hydrogen-bond donors (Lipinski definition) is 2. The van der Waals surface area contributed by atoms with Gasteiger partial charge in [0.15, 0.2) is 0 Å². The number of nitrogens with one attached hydrogen (secondary N) is 1. The summed E-state index contributed by atoms with van der Waals surface area (Å²) in [6.45, 7) is 3.93. The van der Waals surface area contributed by atoms with Crippen LogP contribution in [0.4, 0.5) is 11.4 Å². The molecule has 0 saturated heterocycles. The first-order valence-corrected chi connectivity index (χ1v) is 6.70. The number of carbonyl (C=O) groups is 1. The number of aryl methyl sites for hydroxylation is 1. The fourth-order valence-corrected chi connectivity index (χ4v) is 2.47. The molecule has 1 aromatic carbocycles. The summed E-state index contributed by atoms with van der Waals surface area (Å²) in [7, 11) is 1.58. The minimum absolute atomic E-state index is 0.172. The lowest BCUT2D eigenvalue weighted by molar-refractivity contribution is 0.103. The molecule has 0 saturated carbocycles. The second-order valence-electron chi connectivity index (χ2n) is 4.28. The largest absolute Gasteiger partial charge is 0.496 e. The van der Waals surface area contributed by atoms with Gasteiger partial charge in [0, 0.05) is 11.4 Å². The third kappa shape index (κ3) is 2.71. The molecule has 0 fully saturated rings. The van der Waals surface area contributed by atoms with Gasteiger partial charge < -0.3 is 15.8 Å². The van der Waals surface area contributed by atoms with E-state index in [1.165, 1.54) is 11.3 Å². The summed E-state index contributed by atoms with van der Waals surface area (Å²) in [4.78, 5) is 12.7. The van der Waals surface area contributed by atoms with Gasteiger partial charge in [-0.1, -0.05) is 6.07 Å². The molecule has 0 aliphatic rings. The minimum atomic E-state index is -0.172. The van der Waals surface area contributed by atoms with Gasteiger partial charge in [-0.2, -0.15) is 0 Å². The van der Waals surface area contributed by atoms with Gasteiger partial charge in [0.25, 0.3) is 5.91 Å². The molecule has 0 radical (unpaired) electrons. The monoisotopic (exact) mass is 276 g/mol. The van der Waals surface area contributed by atoms with Crippen LogP contribution in [0.2, 0.25) is 0 Å². The molecule has 0 unspecified atom stereocenters. The molecular weight excluding hydrogens is 260 g/mol. The van der Waals surface area contributed by atoms with Crippen LogP contribution in [-0.4, -0.2) is 13.0 Å². The topological polar surface area (TPSA) is 64.3 Å². The molecule has 19 heavy (non-hydrogen) atoms. The fraction of sp³-hybridized carbons (Fsp3) is 0.214. The Morgan fingerprint density at radius 1 is 1.37 bits per heavy atom. The average molecular weight is 276 g/mol. The summed E-state index contributed by atoms with van der Waals surface area (Å²) in [6.07, 6.45) is 0. The molecule has 2 aromatic rings. The maximum Gasteiger partial charge on any atom is 0.265 e. The van der Waals surface area contributed by atoms with Crippen LogP contribution in [-0.2, 0) is 0 Å². The van der Waals surface area contributed by atoms with Gasteiger partial charge >= 0.3 is 0 Å². The highest BCUT2D eigenvalue weighted by molar-refractivity contribution is 7.12. The summed E-state index contributed by atoms with van der Waals surface area (Å²) < 4.78 is 5.07. The molecule has 100 valence electrons. The van der Waals surface area contributed by atoms with Crippen LogP contribution in [0.15, 0.2) is 23.6 Å². The van der Waals surface area contributed by atoms with Crippen molar-refractivity contribution in [3.63, 3.8) is 0 Å². The van der Waals surface area contributed by atoms with Crippen LogP contribution in [0.25, 0.3) is 0 Å². The molecule has 1 aromatic heterocycles. The van der Waals surface area contributed by atoms with Gasteiger partial charge in [-0.3, -0.25) is 4.79 Å². The lowest BCUT2D eigenvalue weighted by Gasteiger charge is -2.12. The van der Waals surface area contributed by atoms with E-state index >= 15 is 0 Å². The van der Waals surface area contributed by atoms with Crippen molar-refractivity contribution in [1.82, 2.24) is 0 Å². The number of carbonyl (C=O) groups excluding carboxylic acids is 1. The van der Waals surface area contributed by atoms with E-state index in [-0.39, 0.29) is 5.91 Å². The van der Waals surface area contributed by atoms with Gasteiger partial charge in [-0.05, 0) is 31.0 Å². The number of nitrogen functional groups attached to an aromatic ring is 1.